The summed E-state index contributed by atoms with van der Waals surface area (Å²) < 4.78 is 15.0. The average Bonchev–Trinajstić information content (AvgIpc) is 2.87. The lowest BCUT2D eigenvalue weighted by Crippen LogP contribution is -2.50. The van der Waals surface area contributed by atoms with E-state index in [-0.39, 0.29) is 0 Å². The van der Waals surface area contributed by atoms with Crippen molar-refractivity contribution in [1.29, 1.82) is 0 Å². The van der Waals surface area contributed by atoms with Crippen LogP contribution in [0.15, 0.2) is 36.4 Å². The molecule has 2 rings (SSSR count). The fourth-order valence-corrected chi connectivity index (χ4v) is 4.88. The van der Waals surface area contributed by atoms with Gasteiger partial charge in [-0.1, -0.05) is 29.8 Å². The number of likely N-dealkylation sites (N-methyl/N-ethyl adjacent to an activating group) is 2. The molecule has 0 saturated heterocycles. The molecule has 0 saturated carbocycles. The number of benzene rings is 2. The van der Waals surface area contributed by atoms with Crippen molar-refractivity contribution in [3.05, 3.63) is 47.5 Å². The quantitative estimate of drug-likeness (QED) is 0.277. The molecule has 0 radical (unpaired) electrons. The topological polar surface area (TPSA) is 18.5 Å². The Hall–Kier alpha value is -2.04. The first-order valence-electron chi connectivity index (χ1n) is 13.5. The van der Waals surface area contributed by atoms with Crippen molar-refractivity contribution in [3.8, 4) is 22.6 Å². The zero-order valence-corrected chi connectivity index (χ0v) is 23.2. The van der Waals surface area contributed by atoms with Crippen LogP contribution in [0.4, 0.5) is 0 Å². The Balaban J connectivity index is 2.28. The van der Waals surface area contributed by atoms with Crippen LogP contribution in [0, 0.1) is 13.8 Å². The molecule has 0 N–H and O–H groups in total. The third-order valence-electron chi connectivity index (χ3n) is 8.31. The van der Waals surface area contributed by atoms with Crippen molar-refractivity contribution in [1.82, 2.24) is 0 Å². The van der Waals surface area contributed by atoms with Crippen molar-refractivity contribution in [2.24, 2.45) is 0 Å². The van der Waals surface area contributed by atoms with Gasteiger partial charge in [0, 0.05) is 5.56 Å². The summed E-state index contributed by atoms with van der Waals surface area (Å²) in [6.45, 7) is 28.3. The molecule has 0 bridgehead atoms. The Morgan fingerprint density at radius 1 is 0.588 bits per heavy atom. The second-order valence-electron chi connectivity index (χ2n) is 9.70. The molecule has 0 amide bonds. The summed E-state index contributed by atoms with van der Waals surface area (Å²) in [6.07, 6.45) is 0. The minimum atomic E-state index is 0.720. The number of aryl methyl sites for hydroxylation is 2. The molecule has 2 aromatic carbocycles. The van der Waals surface area contributed by atoms with Gasteiger partial charge in [0.1, 0.15) is 37.8 Å². The van der Waals surface area contributed by atoms with Gasteiger partial charge < -0.3 is 18.4 Å². The van der Waals surface area contributed by atoms with Crippen molar-refractivity contribution in [2.45, 2.75) is 55.4 Å². The fourth-order valence-electron chi connectivity index (χ4n) is 4.88. The largest absolute Gasteiger partial charge is 0.487 e. The summed E-state index contributed by atoms with van der Waals surface area (Å²) in [7, 11) is 0. The van der Waals surface area contributed by atoms with Crippen LogP contribution in [0.3, 0.4) is 0 Å². The second kappa shape index (κ2) is 13.2. The van der Waals surface area contributed by atoms with E-state index in [1.54, 1.807) is 0 Å². The van der Waals surface area contributed by atoms with E-state index >= 15 is 0 Å². The van der Waals surface area contributed by atoms with Gasteiger partial charge in [0.05, 0.1) is 39.3 Å². The van der Waals surface area contributed by atoms with Crippen LogP contribution in [0.1, 0.15) is 52.7 Å². The molecule has 4 heteroatoms. The summed E-state index contributed by atoms with van der Waals surface area (Å²) >= 11 is 0. The summed E-state index contributed by atoms with van der Waals surface area (Å²) in [5, 5.41) is 0. The Morgan fingerprint density at radius 2 is 1.03 bits per heavy atom. The van der Waals surface area contributed by atoms with Crippen molar-refractivity contribution < 1.29 is 18.4 Å². The van der Waals surface area contributed by atoms with Gasteiger partial charge in [0.25, 0.3) is 0 Å². The van der Waals surface area contributed by atoms with Gasteiger partial charge >= 0.3 is 0 Å². The molecule has 0 aliphatic heterocycles. The maximum Gasteiger partial charge on any atom is 0.137 e. The molecule has 34 heavy (non-hydrogen) atoms. The van der Waals surface area contributed by atoms with E-state index in [1.807, 2.05) is 0 Å². The number of ether oxygens (including phenoxy) is 2. The van der Waals surface area contributed by atoms with Gasteiger partial charge in [0.15, 0.2) is 0 Å². The predicted octanol–water partition coefficient (Wildman–Crippen LogP) is 6.48. The molecule has 0 fully saturated rings. The normalized spacial score (nSPS) is 12.1. The first-order valence-corrected chi connectivity index (χ1v) is 13.5. The maximum absolute atomic E-state index is 6.46. The number of quaternary nitrogens is 2. The van der Waals surface area contributed by atoms with Crippen LogP contribution in [0.2, 0.25) is 0 Å². The number of hydrogen-bond acceptors (Lipinski definition) is 2. The van der Waals surface area contributed by atoms with E-state index in [9.17, 15) is 0 Å². The Kier molecular flexibility index (Phi) is 10.9. The molecule has 2 aromatic rings. The number of rotatable bonds is 15. The van der Waals surface area contributed by atoms with Gasteiger partial charge in [-0.15, -0.1) is 0 Å². The lowest BCUT2D eigenvalue weighted by molar-refractivity contribution is -0.923. The van der Waals surface area contributed by atoms with Gasteiger partial charge in [0.2, 0.25) is 0 Å². The highest BCUT2D eigenvalue weighted by Gasteiger charge is 2.22. The average molecular weight is 471 g/mol. The van der Waals surface area contributed by atoms with E-state index in [1.165, 1.54) is 11.1 Å². The van der Waals surface area contributed by atoms with E-state index in [0.717, 1.165) is 97.2 Å². The van der Waals surface area contributed by atoms with Crippen LogP contribution in [0.25, 0.3) is 11.1 Å². The van der Waals surface area contributed by atoms with Crippen LogP contribution >= 0.6 is 0 Å². The van der Waals surface area contributed by atoms with E-state index in [2.05, 4.69) is 91.8 Å². The minimum Gasteiger partial charge on any atom is -0.487 e. The van der Waals surface area contributed by atoms with Crippen LogP contribution in [-0.2, 0) is 0 Å². The molecular weight excluding hydrogens is 420 g/mol. The molecule has 0 atom stereocenters. The predicted molar refractivity (Wildman–Crippen MR) is 146 cm³/mol. The standard InChI is InChI=1S/C30H50N2O2/c1-9-31(10-2,11-3)19-21-33-29-24-28(27-17-15-25(7)16-18-27)30(23-26(29)8)34-22-20-32(12-4,13-5)14-6/h15-18,23-24H,9-14,19-22H2,1-8H3/q+2. The molecule has 0 aliphatic rings. The van der Waals surface area contributed by atoms with Gasteiger partial charge in [-0.3, -0.25) is 0 Å². The fraction of sp³-hybridized carbons (Fsp3) is 0.600. The van der Waals surface area contributed by atoms with E-state index in [0.29, 0.717) is 0 Å². The lowest BCUT2D eigenvalue weighted by Gasteiger charge is -2.35. The zero-order valence-electron chi connectivity index (χ0n) is 23.2. The maximum atomic E-state index is 6.46. The molecule has 4 nitrogen and oxygen atoms in total. The first kappa shape index (κ1) is 28.2. The molecule has 0 unspecified atom stereocenters. The highest BCUT2D eigenvalue weighted by Crippen LogP contribution is 2.36. The van der Waals surface area contributed by atoms with Crippen LogP contribution < -0.4 is 9.47 Å². The van der Waals surface area contributed by atoms with E-state index < -0.39 is 0 Å². The summed E-state index contributed by atoms with van der Waals surface area (Å²) in [4.78, 5) is 0. The Bertz CT molecular complexity index is 852. The smallest absolute Gasteiger partial charge is 0.137 e. The number of nitrogens with zero attached hydrogens (tertiary/aromatic N) is 2. The van der Waals surface area contributed by atoms with Crippen LogP contribution in [-0.4, -0.2) is 74.5 Å². The molecular formula is C30H50N2O2+2. The summed E-state index contributed by atoms with van der Waals surface area (Å²) in [5.74, 6) is 1.92. The van der Waals surface area contributed by atoms with Gasteiger partial charge in [-0.2, -0.15) is 0 Å². The SMILES string of the molecule is CC[N+](CC)(CC)CCOc1cc(-c2ccc(C)cc2)c(OCC[N+](CC)(CC)CC)cc1C. The second-order valence-corrected chi connectivity index (χ2v) is 9.70. The third-order valence-corrected chi connectivity index (χ3v) is 8.31. The molecule has 0 aromatic heterocycles. The first-order chi connectivity index (χ1) is 16.3. The zero-order chi connectivity index (χ0) is 25.2. The van der Waals surface area contributed by atoms with Gasteiger partial charge in [-0.05, 0) is 78.6 Å². The van der Waals surface area contributed by atoms with E-state index in [4.69, 9.17) is 9.47 Å². The van der Waals surface area contributed by atoms with Gasteiger partial charge in [-0.25, -0.2) is 0 Å². The van der Waals surface area contributed by atoms with Crippen molar-refractivity contribution >= 4 is 0 Å². The Morgan fingerprint density at radius 3 is 1.47 bits per heavy atom. The highest BCUT2D eigenvalue weighted by atomic mass is 16.5. The highest BCUT2D eigenvalue weighted by molar-refractivity contribution is 5.73. The molecule has 0 spiro atoms. The Labute approximate surface area is 209 Å². The van der Waals surface area contributed by atoms with Crippen molar-refractivity contribution in [3.63, 3.8) is 0 Å². The lowest BCUT2D eigenvalue weighted by atomic mass is 10.0. The van der Waals surface area contributed by atoms with Crippen molar-refractivity contribution in [2.75, 3.05) is 65.6 Å². The summed E-state index contributed by atoms with van der Waals surface area (Å²) in [6, 6.07) is 13.1. The molecule has 0 heterocycles. The molecule has 190 valence electrons. The summed E-state index contributed by atoms with van der Waals surface area (Å²) in [5.41, 5.74) is 4.69. The monoisotopic (exact) mass is 470 g/mol. The minimum absolute atomic E-state index is 0.720. The third kappa shape index (κ3) is 6.99. The molecule has 0 aliphatic carbocycles. The number of hydrogen-bond donors (Lipinski definition) is 0. The van der Waals surface area contributed by atoms with Crippen LogP contribution in [0.5, 0.6) is 11.5 Å².